The van der Waals surface area contributed by atoms with Crippen LogP contribution in [-0.4, -0.2) is 50.8 Å². The van der Waals surface area contributed by atoms with E-state index in [4.69, 9.17) is 9.47 Å². The monoisotopic (exact) mass is 281 g/mol. The summed E-state index contributed by atoms with van der Waals surface area (Å²) in [5.41, 5.74) is 1.08. The zero-order chi connectivity index (χ0) is 13.5. The molecule has 5 heteroatoms. The van der Waals surface area contributed by atoms with Gasteiger partial charge in [0.05, 0.1) is 24.7 Å². The number of methoxy groups -OCH3 is 1. The number of likely N-dealkylation sites (tertiary alicyclic amines) is 1. The van der Waals surface area contributed by atoms with Crippen molar-refractivity contribution in [2.45, 2.75) is 6.92 Å². The number of carbonyl (C=O) groups excluding carboxylic acids is 1. The number of amides is 1. The highest BCUT2D eigenvalue weighted by atomic mass is 32.1. The third-order valence-corrected chi connectivity index (χ3v) is 5.30. The summed E-state index contributed by atoms with van der Waals surface area (Å²) in [4.78, 5) is 15.4. The third-order valence-electron chi connectivity index (χ3n) is 4.30. The standard InChI is InChI=1S/C14H19NO3S/c1-10-3-4-19-12(10)13(16)15-5-11-6-18-9-14(11,7-15)8-17-2/h3-4,11H,5-9H2,1-2H3/t11-,14-/m0/s1. The van der Waals surface area contributed by atoms with Crippen LogP contribution in [0, 0.1) is 18.3 Å². The van der Waals surface area contributed by atoms with Gasteiger partial charge in [-0.2, -0.15) is 0 Å². The first-order chi connectivity index (χ1) is 9.16. The summed E-state index contributed by atoms with van der Waals surface area (Å²) in [6, 6.07) is 2.00. The number of carbonyl (C=O) groups is 1. The van der Waals surface area contributed by atoms with Crippen LogP contribution in [0.25, 0.3) is 0 Å². The Bertz CT molecular complexity index is 487. The minimum absolute atomic E-state index is 0.00950. The van der Waals surface area contributed by atoms with Gasteiger partial charge < -0.3 is 14.4 Å². The number of aryl methyl sites for hydroxylation is 1. The summed E-state index contributed by atoms with van der Waals surface area (Å²) in [6.07, 6.45) is 0. The minimum Gasteiger partial charge on any atom is -0.384 e. The molecule has 4 nitrogen and oxygen atoms in total. The maximum absolute atomic E-state index is 12.6. The summed E-state index contributed by atoms with van der Waals surface area (Å²) in [5, 5.41) is 1.98. The highest BCUT2D eigenvalue weighted by molar-refractivity contribution is 7.12. The molecule has 1 aromatic heterocycles. The van der Waals surface area contributed by atoms with Crippen LogP contribution in [0.2, 0.25) is 0 Å². The summed E-state index contributed by atoms with van der Waals surface area (Å²) >= 11 is 1.53. The van der Waals surface area contributed by atoms with E-state index in [2.05, 4.69) is 0 Å². The molecule has 3 heterocycles. The third kappa shape index (κ3) is 2.10. The zero-order valence-electron chi connectivity index (χ0n) is 11.3. The van der Waals surface area contributed by atoms with E-state index in [1.807, 2.05) is 23.3 Å². The Morgan fingerprint density at radius 1 is 1.68 bits per heavy atom. The lowest BCUT2D eigenvalue weighted by molar-refractivity contribution is 0.0490. The van der Waals surface area contributed by atoms with Crippen molar-refractivity contribution in [1.82, 2.24) is 4.90 Å². The first kappa shape index (κ1) is 13.1. The molecule has 0 aliphatic carbocycles. The largest absolute Gasteiger partial charge is 0.384 e. The molecule has 0 spiro atoms. The topological polar surface area (TPSA) is 38.8 Å². The molecule has 2 saturated heterocycles. The van der Waals surface area contributed by atoms with Crippen molar-refractivity contribution in [2.24, 2.45) is 11.3 Å². The second-order valence-corrected chi connectivity index (χ2v) is 6.54. The second kappa shape index (κ2) is 4.89. The Hall–Kier alpha value is -0.910. The van der Waals surface area contributed by atoms with Crippen molar-refractivity contribution >= 4 is 17.2 Å². The van der Waals surface area contributed by atoms with Crippen LogP contribution in [0.5, 0.6) is 0 Å². The van der Waals surface area contributed by atoms with E-state index in [1.54, 1.807) is 7.11 Å². The van der Waals surface area contributed by atoms with Gasteiger partial charge in [0.2, 0.25) is 0 Å². The summed E-state index contributed by atoms with van der Waals surface area (Å²) in [5.74, 6) is 0.578. The van der Waals surface area contributed by atoms with Crippen molar-refractivity contribution in [3.63, 3.8) is 0 Å². The van der Waals surface area contributed by atoms with Gasteiger partial charge in [-0.1, -0.05) is 0 Å². The van der Waals surface area contributed by atoms with Crippen LogP contribution >= 0.6 is 11.3 Å². The van der Waals surface area contributed by atoms with Crippen molar-refractivity contribution in [3.05, 3.63) is 21.9 Å². The number of ether oxygens (including phenoxy) is 2. The van der Waals surface area contributed by atoms with Gasteiger partial charge in [0.25, 0.3) is 5.91 Å². The maximum Gasteiger partial charge on any atom is 0.264 e. The predicted octanol–water partition coefficient (Wildman–Crippen LogP) is 1.79. The summed E-state index contributed by atoms with van der Waals surface area (Å²) in [6.45, 7) is 5.66. The molecular formula is C14H19NO3S. The molecule has 104 valence electrons. The molecule has 0 bridgehead atoms. The Balaban J connectivity index is 1.79. The van der Waals surface area contributed by atoms with Crippen LogP contribution < -0.4 is 0 Å². The van der Waals surface area contributed by atoms with Crippen molar-refractivity contribution in [3.8, 4) is 0 Å². The quantitative estimate of drug-likeness (QED) is 0.848. The molecule has 2 aliphatic rings. The molecular weight excluding hydrogens is 262 g/mol. The molecule has 0 radical (unpaired) electrons. The van der Waals surface area contributed by atoms with Gasteiger partial charge in [-0.15, -0.1) is 11.3 Å². The van der Waals surface area contributed by atoms with Crippen molar-refractivity contribution < 1.29 is 14.3 Å². The Morgan fingerprint density at radius 3 is 3.21 bits per heavy atom. The molecule has 3 rings (SSSR count). The molecule has 1 aromatic rings. The van der Waals surface area contributed by atoms with Gasteiger partial charge in [0, 0.05) is 31.5 Å². The highest BCUT2D eigenvalue weighted by Crippen LogP contribution is 2.42. The minimum atomic E-state index is 0.00950. The smallest absolute Gasteiger partial charge is 0.264 e. The lowest BCUT2D eigenvalue weighted by atomic mass is 9.82. The molecule has 2 aliphatic heterocycles. The maximum atomic E-state index is 12.6. The average Bonchev–Trinajstić information content (AvgIpc) is 3.02. The van der Waals surface area contributed by atoms with Crippen LogP contribution in [-0.2, 0) is 9.47 Å². The van der Waals surface area contributed by atoms with Crippen molar-refractivity contribution in [2.75, 3.05) is 40.0 Å². The van der Waals surface area contributed by atoms with Crippen LogP contribution in [0.1, 0.15) is 15.2 Å². The Morgan fingerprint density at radius 2 is 2.53 bits per heavy atom. The van der Waals surface area contributed by atoms with E-state index in [1.165, 1.54) is 11.3 Å². The zero-order valence-corrected chi connectivity index (χ0v) is 12.2. The normalized spacial score (nSPS) is 29.8. The van der Waals surface area contributed by atoms with E-state index < -0.39 is 0 Å². The number of hydrogen-bond donors (Lipinski definition) is 0. The van der Waals surface area contributed by atoms with Gasteiger partial charge in [-0.3, -0.25) is 4.79 Å². The number of nitrogens with zero attached hydrogens (tertiary/aromatic N) is 1. The summed E-state index contributed by atoms with van der Waals surface area (Å²) in [7, 11) is 1.72. The molecule has 0 aromatic carbocycles. The lowest BCUT2D eigenvalue weighted by Crippen LogP contribution is -2.36. The molecule has 0 saturated carbocycles. The van der Waals surface area contributed by atoms with Gasteiger partial charge in [0.1, 0.15) is 0 Å². The van der Waals surface area contributed by atoms with Gasteiger partial charge in [-0.05, 0) is 23.9 Å². The van der Waals surface area contributed by atoms with Gasteiger partial charge in [-0.25, -0.2) is 0 Å². The molecule has 2 atom stereocenters. The number of rotatable bonds is 3. The summed E-state index contributed by atoms with van der Waals surface area (Å²) < 4.78 is 11.0. The average molecular weight is 281 g/mol. The van der Waals surface area contributed by atoms with Crippen molar-refractivity contribution in [1.29, 1.82) is 0 Å². The molecule has 19 heavy (non-hydrogen) atoms. The van der Waals surface area contributed by atoms with E-state index in [0.717, 1.165) is 30.1 Å². The molecule has 0 unspecified atom stereocenters. The first-order valence-electron chi connectivity index (χ1n) is 6.56. The Labute approximate surface area is 117 Å². The van der Waals surface area contributed by atoms with Gasteiger partial charge >= 0.3 is 0 Å². The van der Waals surface area contributed by atoms with Gasteiger partial charge in [0.15, 0.2) is 0 Å². The van der Waals surface area contributed by atoms with E-state index >= 15 is 0 Å². The first-order valence-corrected chi connectivity index (χ1v) is 7.44. The predicted molar refractivity (Wildman–Crippen MR) is 73.6 cm³/mol. The second-order valence-electron chi connectivity index (χ2n) is 5.63. The number of thiophene rings is 1. The number of hydrogen-bond acceptors (Lipinski definition) is 4. The van der Waals surface area contributed by atoms with E-state index in [-0.39, 0.29) is 11.3 Å². The van der Waals surface area contributed by atoms with E-state index in [0.29, 0.717) is 19.1 Å². The number of fused-ring (bicyclic) bond motifs is 1. The van der Waals surface area contributed by atoms with Crippen LogP contribution in [0.4, 0.5) is 0 Å². The fraction of sp³-hybridized carbons (Fsp3) is 0.643. The van der Waals surface area contributed by atoms with Crippen LogP contribution in [0.3, 0.4) is 0 Å². The fourth-order valence-electron chi connectivity index (χ4n) is 3.21. The highest BCUT2D eigenvalue weighted by Gasteiger charge is 2.52. The van der Waals surface area contributed by atoms with Crippen LogP contribution in [0.15, 0.2) is 11.4 Å². The lowest BCUT2D eigenvalue weighted by Gasteiger charge is -2.25. The molecule has 2 fully saturated rings. The SMILES string of the molecule is COC[C@@]12COC[C@@H]1CN(C(=O)c1sccc1C)C2. The Kier molecular flexibility index (Phi) is 3.37. The van der Waals surface area contributed by atoms with E-state index in [9.17, 15) is 4.79 Å². The molecule has 0 N–H and O–H groups in total. The molecule has 1 amide bonds. The fourth-order valence-corrected chi connectivity index (χ4v) is 4.11.